The molecule has 2 rings (SSSR count). The van der Waals surface area contributed by atoms with Crippen molar-refractivity contribution in [2.75, 3.05) is 36.6 Å². The van der Waals surface area contributed by atoms with Gasteiger partial charge in [0.25, 0.3) is 0 Å². The summed E-state index contributed by atoms with van der Waals surface area (Å²) in [6, 6.07) is 5.60. The maximum atomic E-state index is 7.93. The molecule has 0 aromatic heterocycles. The monoisotopic (exact) mass is 185 g/mol. The van der Waals surface area contributed by atoms with Gasteiger partial charge in [-0.1, -0.05) is 6.07 Å². The van der Waals surface area contributed by atoms with Crippen LogP contribution in [0.4, 0.5) is 11.4 Å². The van der Waals surface area contributed by atoms with Crippen LogP contribution < -0.4 is 16.0 Å². The Labute approximate surface area is 89.8 Å². The highest BCUT2D eigenvalue weighted by Crippen LogP contribution is 2.17. The maximum Gasteiger partial charge on any atom is 0.0506 e. The summed E-state index contributed by atoms with van der Waals surface area (Å²) < 4.78 is 62.5. The minimum Gasteiger partial charge on any atom is -0.399 e. The van der Waals surface area contributed by atoms with Crippen LogP contribution in [0.2, 0.25) is 0 Å². The summed E-state index contributed by atoms with van der Waals surface area (Å²) in [6.07, 6.45) is 0. The number of benzene rings is 1. The number of nitrogens with one attached hydrogen (secondary N) is 1. The molecule has 1 aliphatic heterocycles. The number of nitrogens with two attached hydrogens (primary N) is 1. The van der Waals surface area contributed by atoms with Gasteiger partial charge in [0, 0.05) is 42.8 Å². The minimum absolute atomic E-state index is 0.0424. The molecular formula is C10H15N3. The zero-order chi connectivity index (χ0) is 16.3. The second kappa shape index (κ2) is 3.66. The van der Waals surface area contributed by atoms with Crippen LogP contribution in [0.3, 0.4) is 0 Å². The Morgan fingerprint density at radius 3 is 2.85 bits per heavy atom. The molecule has 0 unspecified atom stereocenters. The molecule has 0 bridgehead atoms. The zero-order valence-electron chi connectivity index (χ0n) is 14.8. The van der Waals surface area contributed by atoms with Crippen molar-refractivity contribution in [3.8, 4) is 0 Å². The molecule has 3 nitrogen and oxygen atoms in total. The van der Waals surface area contributed by atoms with Gasteiger partial charge in [-0.2, -0.15) is 0 Å². The SMILES string of the molecule is [2H]C1([2H])NC([2H])([2H])C([2H])([2H])N(c2cccc(N)c2)C1([2H])[2H]. The average molecular weight is 185 g/mol. The van der Waals surface area contributed by atoms with Gasteiger partial charge in [-0.05, 0) is 18.2 Å². The van der Waals surface area contributed by atoms with E-state index in [1.54, 1.807) is 5.32 Å². The largest absolute Gasteiger partial charge is 0.399 e. The van der Waals surface area contributed by atoms with Crippen molar-refractivity contribution in [2.45, 2.75) is 0 Å². The first-order valence-corrected chi connectivity index (χ1v) is 3.78. The number of anilines is 2. The fourth-order valence-electron chi connectivity index (χ4n) is 1.02. The number of nitrogens with zero attached hydrogens (tertiary/aromatic N) is 1. The highest BCUT2D eigenvalue weighted by Gasteiger charge is 2.09. The third kappa shape index (κ3) is 1.92. The van der Waals surface area contributed by atoms with Crippen LogP contribution in [-0.2, 0) is 0 Å². The van der Waals surface area contributed by atoms with Crippen LogP contribution in [0.25, 0.3) is 0 Å². The number of rotatable bonds is 1. The molecule has 0 radical (unpaired) electrons. The highest BCUT2D eigenvalue weighted by molar-refractivity contribution is 5.56. The lowest BCUT2D eigenvalue weighted by Crippen LogP contribution is -2.43. The summed E-state index contributed by atoms with van der Waals surface area (Å²) in [4.78, 5) is 0.451. The van der Waals surface area contributed by atoms with Gasteiger partial charge in [-0.3, -0.25) is 0 Å². The summed E-state index contributed by atoms with van der Waals surface area (Å²) in [7, 11) is 0. The molecule has 1 aliphatic rings. The number of piperazine rings is 1. The van der Waals surface area contributed by atoms with Crippen molar-refractivity contribution >= 4 is 11.4 Å². The lowest BCUT2D eigenvalue weighted by atomic mass is 10.2. The Bertz CT molecular complexity index is 533. The molecule has 1 aromatic carbocycles. The number of hydrogen-bond acceptors (Lipinski definition) is 3. The molecule has 1 aromatic rings. The van der Waals surface area contributed by atoms with Crippen LogP contribution in [-0.4, -0.2) is 26.0 Å². The Morgan fingerprint density at radius 2 is 2.15 bits per heavy atom. The number of nitrogen functional groups attached to an aromatic ring is 1. The van der Waals surface area contributed by atoms with E-state index in [1.165, 1.54) is 24.3 Å². The summed E-state index contributed by atoms with van der Waals surface area (Å²) in [6.45, 7) is -11.3. The highest BCUT2D eigenvalue weighted by atomic mass is 15.2. The Morgan fingerprint density at radius 1 is 1.38 bits per heavy atom. The molecule has 0 spiro atoms. The Kier molecular flexibility index (Phi) is 0.893. The maximum absolute atomic E-state index is 7.93. The van der Waals surface area contributed by atoms with Crippen molar-refractivity contribution in [3.05, 3.63) is 24.3 Å². The molecule has 0 aliphatic carbocycles. The molecule has 0 saturated carbocycles. The van der Waals surface area contributed by atoms with E-state index in [0.29, 0.717) is 4.90 Å². The molecule has 13 heavy (non-hydrogen) atoms. The Balaban J connectivity index is 2.67. The fraction of sp³-hybridized carbons (Fsp3) is 0.400. The fourth-order valence-corrected chi connectivity index (χ4v) is 1.02. The van der Waals surface area contributed by atoms with Gasteiger partial charge in [0.15, 0.2) is 0 Å². The molecule has 0 atom stereocenters. The summed E-state index contributed by atoms with van der Waals surface area (Å²) in [5.74, 6) is 0. The van der Waals surface area contributed by atoms with Crippen LogP contribution in [0.1, 0.15) is 11.0 Å². The predicted octanol–water partition coefficient (Wildman–Crippen LogP) is 0.678. The quantitative estimate of drug-likeness (QED) is 0.632. The van der Waals surface area contributed by atoms with E-state index in [1.807, 2.05) is 0 Å². The van der Waals surface area contributed by atoms with Gasteiger partial charge >= 0.3 is 0 Å². The summed E-state index contributed by atoms with van der Waals surface area (Å²) in [5, 5.41) is 1.77. The third-order valence-corrected chi connectivity index (χ3v) is 1.59. The van der Waals surface area contributed by atoms with Crippen molar-refractivity contribution in [2.24, 2.45) is 0 Å². The van der Waals surface area contributed by atoms with Crippen molar-refractivity contribution in [3.63, 3.8) is 0 Å². The van der Waals surface area contributed by atoms with Crippen molar-refractivity contribution < 1.29 is 11.0 Å². The Hall–Kier alpha value is -1.22. The van der Waals surface area contributed by atoms with E-state index in [2.05, 4.69) is 0 Å². The van der Waals surface area contributed by atoms with Gasteiger partial charge in [-0.15, -0.1) is 0 Å². The van der Waals surface area contributed by atoms with Crippen LogP contribution >= 0.6 is 0 Å². The average Bonchev–Trinajstić information content (AvgIpc) is 2.24. The van der Waals surface area contributed by atoms with E-state index in [-0.39, 0.29) is 11.4 Å². The predicted molar refractivity (Wildman–Crippen MR) is 55.9 cm³/mol. The van der Waals surface area contributed by atoms with Gasteiger partial charge in [0.2, 0.25) is 0 Å². The smallest absolute Gasteiger partial charge is 0.0506 e. The second-order valence-corrected chi connectivity index (χ2v) is 2.53. The first kappa shape index (κ1) is 3.17. The van der Waals surface area contributed by atoms with Crippen molar-refractivity contribution in [1.29, 1.82) is 0 Å². The van der Waals surface area contributed by atoms with E-state index in [4.69, 9.17) is 16.7 Å². The van der Waals surface area contributed by atoms with E-state index < -0.39 is 26.0 Å². The van der Waals surface area contributed by atoms with Crippen molar-refractivity contribution in [1.82, 2.24) is 5.32 Å². The molecule has 3 heteroatoms. The molecule has 70 valence electrons. The molecule has 1 saturated heterocycles. The van der Waals surface area contributed by atoms with Gasteiger partial charge in [0.1, 0.15) is 0 Å². The summed E-state index contributed by atoms with van der Waals surface area (Å²) >= 11 is 0. The lowest BCUT2D eigenvalue weighted by molar-refractivity contribution is 0.589. The van der Waals surface area contributed by atoms with Crippen LogP contribution in [0.5, 0.6) is 0 Å². The standard InChI is InChI=1S/C10H15N3/c11-9-2-1-3-10(8-9)13-6-4-12-5-7-13/h1-3,8,12H,4-7,11H2/i4D2,5D2,6D2,7D2. The van der Waals surface area contributed by atoms with Gasteiger partial charge < -0.3 is 16.0 Å². The first-order chi connectivity index (χ1) is 9.33. The molecule has 0 amide bonds. The van der Waals surface area contributed by atoms with Crippen LogP contribution in [0.15, 0.2) is 24.3 Å². The first-order valence-electron chi connectivity index (χ1n) is 7.78. The molecular weight excluding hydrogens is 162 g/mol. The topological polar surface area (TPSA) is 41.3 Å². The summed E-state index contributed by atoms with van der Waals surface area (Å²) in [5.41, 5.74) is 5.80. The minimum atomic E-state index is -2.84. The zero-order valence-corrected chi connectivity index (χ0v) is 6.83. The molecule has 1 fully saturated rings. The van der Waals surface area contributed by atoms with E-state index in [0.717, 1.165) is 0 Å². The molecule has 3 N–H and O–H groups in total. The van der Waals surface area contributed by atoms with Crippen LogP contribution in [0, 0.1) is 0 Å². The third-order valence-electron chi connectivity index (χ3n) is 1.59. The van der Waals surface area contributed by atoms with Gasteiger partial charge in [0.05, 0.1) is 5.48 Å². The second-order valence-electron chi connectivity index (χ2n) is 2.53. The normalized spacial score (nSPS) is 42.0. The number of hydrogen-bond donors (Lipinski definition) is 2. The lowest BCUT2D eigenvalue weighted by Gasteiger charge is -2.29. The van der Waals surface area contributed by atoms with E-state index in [9.17, 15) is 0 Å². The molecule has 1 heterocycles. The van der Waals surface area contributed by atoms with E-state index >= 15 is 0 Å². The van der Waals surface area contributed by atoms with Gasteiger partial charge in [-0.25, -0.2) is 0 Å².